The van der Waals surface area contributed by atoms with E-state index < -0.39 is 10.0 Å². The third-order valence-electron chi connectivity index (χ3n) is 3.59. The molecule has 1 saturated heterocycles. The van der Waals surface area contributed by atoms with Gasteiger partial charge in [-0.3, -0.25) is 0 Å². The molecule has 5 nitrogen and oxygen atoms in total. The van der Waals surface area contributed by atoms with E-state index in [1.807, 2.05) is 19.9 Å². The first kappa shape index (κ1) is 16.3. The number of aryl methyl sites for hydroxylation is 2. The lowest BCUT2D eigenvalue weighted by molar-refractivity contribution is 0.114. The average molecular weight is 313 g/mol. The number of ether oxygens (including phenoxy) is 2. The third-order valence-corrected chi connectivity index (χ3v) is 5.15. The largest absolute Gasteiger partial charge is 0.494 e. The Labute approximate surface area is 126 Å². The first-order valence-corrected chi connectivity index (χ1v) is 8.77. The van der Waals surface area contributed by atoms with Crippen LogP contribution in [0.5, 0.6) is 5.75 Å². The van der Waals surface area contributed by atoms with Gasteiger partial charge in [0.1, 0.15) is 5.75 Å². The lowest BCUT2D eigenvalue weighted by atomic mass is 10.1. The summed E-state index contributed by atoms with van der Waals surface area (Å²) in [6.45, 7) is 7.12. The highest BCUT2D eigenvalue weighted by Gasteiger charge is 2.22. The molecule has 1 atom stereocenters. The highest BCUT2D eigenvalue weighted by Crippen LogP contribution is 2.26. The maximum Gasteiger partial charge on any atom is 0.241 e. The van der Waals surface area contributed by atoms with Gasteiger partial charge in [-0.1, -0.05) is 6.07 Å². The van der Waals surface area contributed by atoms with Crippen molar-refractivity contribution in [2.45, 2.75) is 44.6 Å². The lowest BCUT2D eigenvalue weighted by Crippen LogP contribution is -2.32. The van der Waals surface area contributed by atoms with Crippen molar-refractivity contribution in [2.75, 3.05) is 19.8 Å². The molecule has 1 fully saturated rings. The normalized spacial score (nSPS) is 18.9. The SMILES string of the molecule is CCOc1cc(S(=O)(=O)NC[C@@H]2CCCO2)c(C)cc1C. The predicted octanol–water partition coefficient (Wildman–Crippen LogP) is 2.16. The molecule has 21 heavy (non-hydrogen) atoms. The summed E-state index contributed by atoms with van der Waals surface area (Å²) in [5.74, 6) is 0.612. The molecule has 2 rings (SSSR count). The van der Waals surface area contributed by atoms with E-state index in [-0.39, 0.29) is 11.0 Å². The summed E-state index contributed by atoms with van der Waals surface area (Å²) >= 11 is 0. The number of rotatable bonds is 6. The highest BCUT2D eigenvalue weighted by molar-refractivity contribution is 7.89. The molecular weight excluding hydrogens is 290 g/mol. The molecule has 1 N–H and O–H groups in total. The van der Waals surface area contributed by atoms with Gasteiger partial charge in [-0.15, -0.1) is 0 Å². The van der Waals surface area contributed by atoms with Crippen molar-refractivity contribution in [3.63, 3.8) is 0 Å². The molecule has 1 aromatic carbocycles. The molecule has 0 aromatic heterocycles. The number of hydrogen-bond donors (Lipinski definition) is 1. The molecule has 6 heteroatoms. The van der Waals surface area contributed by atoms with E-state index >= 15 is 0 Å². The fraction of sp³-hybridized carbons (Fsp3) is 0.600. The van der Waals surface area contributed by atoms with Gasteiger partial charge in [0, 0.05) is 19.2 Å². The summed E-state index contributed by atoms with van der Waals surface area (Å²) in [5.41, 5.74) is 1.66. The summed E-state index contributed by atoms with van der Waals surface area (Å²) in [7, 11) is -3.55. The molecule has 0 amide bonds. The Hall–Kier alpha value is -1.11. The molecule has 0 bridgehead atoms. The van der Waals surface area contributed by atoms with Gasteiger partial charge in [0.15, 0.2) is 0 Å². The van der Waals surface area contributed by atoms with Crippen LogP contribution < -0.4 is 9.46 Å². The summed E-state index contributed by atoms with van der Waals surface area (Å²) in [4.78, 5) is 0.273. The smallest absolute Gasteiger partial charge is 0.241 e. The average Bonchev–Trinajstić information content (AvgIpc) is 2.93. The molecule has 1 aliphatic heterocycles. The zero-order valence-corrected chi connectivity index (χ0v) is 13.6. The van der Waals surface area contributed by atoms with E-state index in [4.69, 9.17) is 9.47 Å². The van der Waals surface area contributed by atoms with Gasteiger partial charge >= 0.3 is 0 Å². The maximum absolute atomic E-state index is 12.5. The molecule has 0 radical (unpaired) electrons. The van der Waals surface area contributed by atoms with Crippen LogP contribution >= 0.6 is 0 Å². The van der Waals surface area contributed by atoms with Crippen LogP contribution in [0.3, 0.4) is 0 Å². The van der Waals surface area contributed by atoms with E-state index in [9.17, 15) is 8.42 Å². The van der Waals surface area contributed by atoms with E-state index in [1.54, 1.807) is 13.0 Å². The van der Waals surface area contributed by atoms with E-state index in [2.05, 4.69) is 4.72 Å². The summed E-state index contributed by atoms with van der Waals surface area (Å²) in [5, 5.41) is 0. The fourth-order valence-electron chi connectivity index (χ4n) is 2.50. The maximum atomic E-state index is 12.5. The van der Waals surface area contributed by atoms with Crippen molar-refractivity contribution in [2.24, 2.45) is 0 Å². The number of benzene rings is 1. The molecule has 1 heterocycles. The Morgan fingerprint density at radius 1 is 1.33 bits per heavy atom. The summed E-state index contributed by atoms with van der Waals surface area (Å²) in [6, 6.07) is 3.44. The van der Waals surface area contributed by atoms with Gasteiger partial charge in [0.25, 0.3) is 0 Å². The lowest BCUT2D eigenvalue weighted by Gasteiger charge is -2.15. The van der Waals surface area contributed by atoms with Gasteiger partial charge in [-0.25, -0.2) is 13.1 Å². The van der Waals surface area contributed by atoms with Crippen LogP contribution in [0.15, 0.2) is 17.0 Å². The molecule has 0 saturated carbocycles. The fourth-order valence-corrected chi connectivity index (χ4v) is 3.81. The van der Waals surface area contributed by atoms with Crippen LogP contribution in [0.4, 0.5) is 0 Å². The van der Waals surface area contributed by atoms with Crippen LogP contribution in [-0.2, 0) is 14.8 Å². The Morgan fingerprint density at radius 3 is 2.71 bits per heavy atom. The molecule has 1 aliphatic rings. The molecular formula is C15H23NO4S. The zero-order valence-electron chi connectivity index (χ0n) is 12.8. The molecule has 1 aromatic rings. The van der Waals surface area contributed by atoms with Crippen LogP contribution in [0.25, 0.3) is 0 Å². The predicted molar refractivity (Wildman–Crippen MR) is 81.2 cm³/mol. The van der Waals surface area contributed by atoms with Gasteiger partial charge in [-0.05, 0) is 44.7 Å². The quantitative estimate of drug-likeness (QED) is 0.874. The van der Waals surface area contributed by atoms with Gasteiger partial charge in [0.05, 0.1) is 17.6 Å². The first-order chi connectivity index (χ1) is 9.94. The first-order valence-electron chi connectivity index (χ1n) is 7.29. The van der Waals surface area contributed by atoms with Crippen molar-refractivity contribution < 1.29 is 17.9 Å². The monoisotopic (exact) mass is 313 g/mol. The van der Waals surface area contributed by atoms with Crippen molar-refractivity contribution in [1.29, 1.82) is 0 Å². The third kappa shape index (κ3) is 3.96. The van der Waals surface area contributed by atoms with Crippen molar-refractivity contribution in [3.8, 4) is 5.75 Å². The molecule has 0 unspecified atom stereocenters. The van der Waals surface area contributed by atoms with Gasteiger partial charge in [0.2, 0.25) is 10.0 Å². The summed E-state index contributed by atoms with van der Waals surface area (Å²) < 4.78 is 38.5. The van der Waals surface area contributed by atoms with Crippen molar-refractivity contribution in [1.82, 2.24) is 4.72 Å². The topological polar surface area (TPSA) is 64.6 Å². The number of nitrogens with one attached hydrogen (secondary N) is 1. The van der Waals surface area contributed by atoms with Crippen molar-refractivity contribution in [3.05, 3.63) is 23.3 Å². The second kappa shape index (κ2) is 6.77. The van der Waals surface area contributed by atoms with Crippen LogP contribution in [-0.4, -0.2) is 34.3 Å². The Kier molecular flexibility index (Phi) is 5.24. The van der Waals surface area contributed by atoms with Crippen LogP contribution in [0.2, 0.25) is 0 Å². The number of hydrogen-bond acceptors (Lipinski definition) is 4. The van der Waals surface area contributed by atoms with Crippen LogP contribution in [0.1, 0.15) is 30.9 Å². The second-order valence-corrected chi connectivity index (χ2v) is 7.04. The molecule has 0 spiro atoms. The molecule has 118 valence electrons. The van der Waals surface area contributed by atoms with E-state index in [0.717, 1.165) is 24.0 Å². The van der Waals surface area contributed by atoms with Crippen molar-refractivity contribution >= 4 is 10.0 Å². The van der Waals surface area contributed by atoms with Crippen LogP contribution in [0, 0.1) is 13.8 Å². The van der Waals surface area contributed by atoms with E-state index in [0.29, 0.717) is 25.5 Å². The zero-order chi connectivity index (χ0) is 15.5. The molecule has 0 aliphatic carbocycles. The van der Waals surface area contributed by atoms with Gasteiger partial charge in [-0.2, -0.15) is 0 Å². The second-order valence-electron chi connectivity index (χ2n) is 5.30. The Balaban J connectivity index is 2.19. The Bertz CT molecular complexity index is 592. The van der Waals surface area contributed by atoms with E-state index in [1.165, 1.54) is 0 Å². The summed E-state index contributed by atoms with van der Waals surface area (Å²) in [6.07, 6.45) is 1.88. The minimum atomic E-state index is -3.55. The standard InChI is InChI=1S/C15H23NO4S/c1-4-19-14-9-15(12(3)8-11(14)2)21(17,18)16-10-13-6-5-7-20-13/h8-9,13,16H,4-7,10H2,1-3H3/t13-/m0/s1. The van der Waals surface area contributed by atoms with Gasteiger partial charge < -0.3 is 9.47 Å². The number of sulfonamides is 1. The minimum Gasteiger partial charge on any atom is -0.494 e. The Morgan fingerprint density at radius 2 is 2.10 bits per heavy atom. The minimum absolute atomic E-state index is 0.0168. The highest BCUT2D eigenvalue weighted by atomic mass is 32.2.